The number of aliphatic hydroxyl groups is 1. The van der Waals surface area contributed by atoms with Gasteiger partial charge in [0, 0.05) is 12.5 Å². The van der Waals surface area contributed by atoms with Crippen molar-refractivity contribution in [1.29, 1.82) is 5.26 Å². The van der Waals surface area contributed by atoms with Crippen molar-refractivity contribution in [3.05, 3.63) is 35.4 Å². The van der Waals surface area contributed by atoms with E-state index in [1.165, 1.54) is 0 Å². The molecule has 2 atom stereocenters. The number of benzene rings is 1. The molecular weight excluding hydrogens is 322 g/mol. The number of rotatable bonds is 6. The van der Waals surface area contributed by atoms with Crippen molar-refractivity contribution < 1.29 is 24.2 Å². The monoisotopic (exact) mass is 345 g/mol. The highest BCUT2D eigenvalue weighted by atomic mass is 16.6. The van der Waals surface area contributed by atoms with Gasteiger partial charge in [0.05, 0.1) is 24.8 Å². The van der Waals surface area contributed by atoms with Crippen LogP contribution in [0.5, 0.6) is 0 Å². The molecule has 1 aliphatic rings. The number of hydrogen-bond acceptors (Lipinski definition) is 6. The van der Waals surface area contributed by atoms with Crippen LogP contribution in [0.1, 0.15) is 43.7 Å². The predicted octanol–water partition coefficient (Wildman–Crippen LogP) is 2.16. The lowest BCUT2D eigenvalue weighted by atomic mass is 9.71. The van der Waals surface area contributed by atoms with E-state index in [1.54, 1.807) is 38.1 Å². The molecule has 0 spiro atoms. The molecular formula is C19H23NO5. The lowest BCUT2D eigenvalue weighted by Crippen LogP contribution is -2.45. The van der Waals surface area contributed by atoms with Crippen LogP contribution in [0, 0.1) is 22.7 Å². The van der Waals surface area contributed by atoms with Crippen molar-refractivity contribution in [2.24, 2.45) is 11.3 Å². The fourth-order valence-corrected chi connectivity index (χ4v) is 3.72. The van der Waals surface area contributed by atoms with Gasteiger partial charge in [-0.25, -0.2) is 0 Å². The molecule has 134 valence electrons. The summed E-state index contributed by atoms with van der Waals surface area (Å²) in [5.41, 5.74) is -0.259. The zero-order chi connectivity index (χ0) is 18.4. The summed E-state index contributed by atoms with van der Waals surface area (Å²) in [6.45, 7) is 3.54. The van der Waals surface area contributed by atoms with Crippen LogP contribution in [-0.4, -0.2) is 36.9 Å². The van der Waals surface area contributed by atoms with E-state index in [9.17, 15) is 14.7 Å². The van der Waals surface area contributed by atoms with Gasteiger partial charge < -0.3 is 14.6 Å². The summed E-state index contributed by atoms with van der Waals surface area (Å²) in [7, 11) is 0. The molecule has 0 unspecified atom stereocenters. The molecule has 6 heteroatoms. The average molecular weight is 345 g/mol. The van der Waals surface area contributed by atoms with Gasteiger partial charge in [0.15, 0.2) is 5.41 Å². The van der Waals surface area contributed by atoms with Gasteiger partial charge in [-0.2, -0.15) is 5.26 Å². The third kappa shape index (κ3) is 3.38. The smallest absolute Gasteiger partial charge is 0.324 e. The van der Waals surface area contributed by atoms with E-state index >= 15 is 0 Å². The highest BCUT2D eigenvalue weighted by Crippen LogP contribution is 2.54. The van der Waals surface area contributed by atoms with Gasteiger partial charge in [-0.3, -0.25) is 9.59 Å². The maximum Gasteiger partial charge on any atom is 0.324 e. The Kier molecular flexibility index (Phi) is 6.16. The second kappa shape index (κ2) is 8.13. The molecule has 1 aromatic rings. The second-order valence-corrected chi connectivity index (χ2v) is 6.11. The van der Waals surface area contributed by atoms with Crippen molar-refractivity contribution in [1.82, 2.24) is 0 Å². The molecule has 2 rings (SSSR count). The molecule has 0 radical (unpaired) electrons. The Hall–Kier alpha value is -2.39. The van der Waals surface area contributed by atoms with Crippen LogP contribution in [-0.2, 0) is 19.1 Å². The highest BCUT2D eigenvalue weighted by molar-refractivity contribution is 6.01. The molecule has 1 aliphatic carbocycles. The lowest BCUT2D eigenvalue weighted by Gasteiger charge is -2.33. The number of esters is 2. The molecule has 0 heterocycles. The maximum atomic E-state index is 12.8. The Morgan fingerprint density at radius 1 is 1.20 bits per heavy atom. The van der Waals surface area contributed by atoms with Gasteiger partial charge in [0.1, 0.15) is 0 Å². The molecule has 0 saturated heterocycles. The number of aliphatic hydroxyl groups excluding tert-OH is 1. The van der Waals surface area contributed by atoms with Crippen LogP contribution < -0.4 is 0 Å². The topological polar surface area (TPSA) is 96.6 Å². The molecule has 0 bridgehead atoms. The first-order chi connectivity index (χ1) is 12.0. The first kappa shape index (κ1) is 18.9. The molecule has 1 fully saturated rings. The van der Waals surface area contributed by atoms with Crippen LogP contribution in [0.2, 0.25) is 0 Å². The number of hydrogen-bond donors (Lipinski definition) is 1. The minimum Gasteiger partial charge on any atom is -0.465 e. The second-order valence-electron chi connectivity index (χ2n) is 6.11. The van der Waals surface area contributed by atoms with Gasteiger partial charge in [0.25, 0.3) is 0 Å². The van der Waals surface area contributed by atoms with E-state index in [0.717, 1.165) is 5.56 Å². The van der Waals surface area contributed by atoms with E-state index in [1.807, 2.05) is 6.07 Å². The summed E-state index contributed by atoms with van der Waals surface area (Å²) >= 11 is 0. The number of ether oxygens (including phenoxy) is 2. The SMILES string of the molecule is CCOC(=O)C1(C(=O)OCC)CC[C@H](CO)[C@H]1c1ccc(C#N)cc1. The number of nitriles is 1. The summed E-state index contributed by atoms with van der Waals surface area (Å²) in [6.07, 6.45) is 0.777. The molecule has 1 saturated carbocycles. The van der Waals surface area contributed by atoms with Crippen LogP contribution in [0.25, 0.3) is 0 Å². The zero-order valence-electron chi connectivity index (χ0n) is 14.5. The molecule has 1 N–H and O–H groups in total. The van der Waals surface area contributed by atoms with Crippen LogP contribution in [0.3, 0.4) is 0 Å². The van der Waals surface area contributed by atoms with Gasteiger partial charge in [-0.1, -0.05) is 12.1 Å². The summed E-state index contributed by atoms with van der Waals surface area (Å²) in [5, 5.41) is 18.8. The maximum absolute atomic E-state index is 12.8. The van der Waals surface area contributed by atoms with Crippen molar-refractivity contribution in [3.63, 3.8) is 0 Å². The Bertz CT molecular complexity index is 643. The van der Waals surface area contributed by atoms with Gasteiger partial charge in [0.2, 0.25) is 0 Å². The third-order valence-corrected chi connectivity index (χ3v) is 4.82. The summed E-state index contributed by atoms with van der Waals surface area (Å²) in [4.78, 5) is 25.6. The van der Waals surface area contributed by atoms with Crippen LogP contribution in [0.15, 0.2) is 24.3 Å². The van der Waals surface area contributed by atoms with E-state index in [4.69, 9.17) is 14.7 Å². The molecule has 1 aromatic carbocycles. The number of nitrogens with zero attached hydrogens (tertiary/aromatic N) is 1. The Balaban J connectivity index is 2.55. The van der Waals surface area contributed by atoms with Crippen molar-refractivity contribution >= 4 is 11.9 Å². The Labute approximate surface area is 147 Å². The molecule has 25 heavy (non-hydrogen) atoms. The van der Waals surface area contributed by atoms with Gasteiger partial charge >= 0.3 is 11.9 Å². The van der Waals surface area contributed by atoms with E-state index < -0.39 is 23.3 Å². The Morgan fingerprint density at radius 3 is 2.20 bits per heavy atom. The number of carbonyl (C=O) groups is 2. The number of carbonyl (C=O) groups excluding carboxylic acids is 2. The summed E-state index contributed by atoms with van der Waals surface area (Å²) in [5.74, 6) is -2.04. The Morgan fingerprint density at radius 2 is 1.76 bits per heavy atom. The minimum absolute atomic E-state index is 0.148. The first-order valence-corrected chi connectivity index (χ1v) is 8.50. The predicted molar refractivity (Wildman–Crippen MR) is 89.4 cm³/mol. The normalized spacial score (nSPS) is 21.4. The quantitative estimate of drug-likeness (QED) is 0.627. The molecule has 6 nitrogen and oxygen atoms in total. The first-order valence-electron chi connectivity index (χ1n) is 8.50. The largest absolute Gasteiger partial charge is 0.465 e. The fourth-order valence-electron chi connectivity index (χ4n) is 3.72. The standard InChI is InChI=1S/C19H23NO5/c1-3-24-17(22)19(18(23)25-4-2)10-9-15(12-21)16(19)14-7-5-13(11-20)6-8-14/h5-8,15-16,21H,3-4,9-10,12H2,1-2H3/t15-,16-/m1/s1. The summed E-state index contributed by atoms with van der Waals surface area (Å²) in [6, 6.07) is 8.78. The van der Waals surface area contributed by atoms with E-state index in [0.29, 0.717) is 12.0 Å². The summed E-state index contributed by atoms with van der Waals surface area (Å²) < 4.78 is 10.4. The third-order valence-electron chi connectivity index (χ3n) is 4.82. The van der Waals surface area contributed by atoms with E-state index in [-0.39, 0.29) is 32.2 Å². The van der Waals surface area contributed by atoms with Gasteiger partial charge in [-0.15, -0.1) is 0 Å². The molecule has 0 amide bonds. The zero-order valence-corrected chi connectivity index (χ0v) is 14.5. The fraction of sp³-hybridized carbons (Fsp3) is 0.526. The highest BCUT2D eigenvalue weighted by Gasteiger charge is 2.61. The molecule has 0 aliphatic heterocycles. The molecule has 0 aromatic heterocycles. The van der Waals surface area contributed by atoms with Crippen LogP contribution >= 0.6 is 0 Å². The lowest BCUT2D eigenvalue weighted by molar-refractivity contribution is -0.173. The van der Waals surface area contributed by atoms with Crippen molar-refractivity contribution in [3.8, 4) is 6.07 Å². The van der Waals surface area contributed by atoms with Gasteiger partial charge in [-0.05, 0) is 50.3 Å². The average Bonchev–Trinajstić information content (AvgIpc) is 3.03. The van der Waals surface area contributed by atoms with E-state index in [2.05, 4.69) is 0 Å². The van der Waals surface area contributed by atoms with Crippen LogP contribution in [0.4, 0.5) is 0 Å². The minimum atomic E-state index is -1.46. The van der Waals surface area contributed by atoms with Crippen molar-refractivity contribution in [2.75, 3.05) is 19.8 Å². The van der Waals surface area contributed by atoms with Crippen molar-refractivity contribution in [2.45, 2.75) is 32.6 Å².